The van der Waals surface area contributed by atoms with Crippen molar-refractivity contribution in [3.05, 3.63) is 47.7 Å². The van der Waals surface area contributed by atoms with Gasteiger partial charge in [0.05, 0.1) is 0 Å². The lowest BCUT2D eigenvalue weighted by molar-refractivity contribution is 0.431. The van der Waals surface area contributed by atoms with E-state index in [1.165, 1.54) is 0 Å². The molecule has 0 radical (unpaired) electrons. The number of rotatable bonds is 1. The van der Waals surface area contributed by atoms with E-state index in [-0.39, 0.29) is 5.28 Å². The lowest BCUT2D eigenvalue weighted by Crippen LogP contribution is -1.80. The predicted molar refractivity (Wildman–Crippen MR) is 62.3 cm³/mol. The molecule has 0 aliphatic carbocycles. The third-order valence-electron chi connectivity index (χ3n) is 2.42. The molecule has 0 saturated carbocycles. The summed E-state index contributed by atoms with van der Waals surface area (Å²) in [6.45, 7) is 0. The number of hydrogen-bond acceptors (Lipinski definition) is 3. The first-order chi connectivity index (χ1) is 7.84. The number of fused-ring (bicyclic) bond motifs is 1. The molecule has 0 aliphatic heterocycles. The summed E-state index contributed by atoms with van der Waals surface area (Å²) in [5, 5.41) is 5.91. The van der Waals surface area contributed by atoms with Gasteiger partial charge in [-0.25, -0.2) is 0 Å². The van der Waals surface area contributed by atoms with E-state index in [2.05, 4.69) is 10.1 Å². The molecule has 1 aromatic heterocycles. The van der Waals surface area contributed by atoms with Gasteiger partial charge in [0.15, 0.2) is 0 Å². The first-order valence-corrected chi connectivity index (χ1v) is 5.20. The summed E-state index contributed by atoms with van der Waals surface area (Å²) >= 11 is 5.65. The maximum atomic E-state index is 5.65. The number of nitrogens with zero attached hydrogens (tertiary/aromatic N) is 2. The standard InChI is InChI=1S/C12H7ClN2O/c13-12-14-11(16-15-12)10-7-3-5-8-4-1-2-6-9(8)10/h1-7H. The Bertz CT molecular complexity index is 643. The fourth-order valence-electron chi connectivity index (χ4n) is 1.73. The van der Waals surface area contributed by atoms with Gasteiger partial charge in [-0.2, -0.15) is 4.98 Å². The minimum atomic E-state index is 0.128. The van der Waals surface area contributed by atoms with E-state index in [9.17, 15) is 0 Å². The fraction of sp³-hybridized carbons (Fsp3) is 0. The Morgan fingerprint density at radius 1 is 1.00 bits per heavy atom. The van der Waals surface area contributed by atoms with E-state index in [1.807, 2.05) is 42.5 Å². The second-order valence-electron chi connectivity index (χ2n) is 3.40. The zero-order valence-electron chi connectivity index (χ0n) is 8.22. The van der Waals surface area contributed by atoms with Gasteiger partial charge in [-0.1, -0.05) is 36.4 Å². The molecule has 0 saturated heterocycles. The van der Waals surface area contributed by atoms with E-state index >= 15 is 0 Å². The monoisotopic (exact) mass is 230 g/mol. The molecular weight excluding hydrogens is 224 g/mol. The molecule has 3 nitrogen and oxygen atoms in total. The van der Waals surface area contributed by atoms with E-state index in [4.69, 9.17) is 16.1 Å². The summed E-state index contributed by atoms with van der Waals surface area (Å²) in [7, 11) is 0. The maximum Gasteiger partial charge on any atom is 0.264 e. The van der Waals surface area contributed by atoms with Crippen molar-refractivity contribution in [3.8, 4) is 11.5 Å². The van der Waals surface area contributed by atoms with Crippen molar-refractivity contribution < 1.29 is 4.52 Å². The van der Waals surface area contributed by atoms with Crippen LogP contribution < -0.4 is 0 Å². The van der Waals surface area contributed by atoms with E-state index in [0.29, 0.717) is 5.89 Å². The molecule has 2 aromatic carbocycles. The van der Waals surface area contributed by atoms with Crippen LogP contribution in [0.4, 0.5) is 0 Å². The zero-order chi connectivity index (χ0) is 11.0. The van der Waals surface area contributed by atoms with Gasteiger partial charge in [0.1, 0.15) is 0 Å². The summed E-state index contributed by atoms with van der Waals surface area (Å²) in [6, 6.07) is 14.0. The average molecular weight is 231 g/mol. The molecule has 4 heteroatoms. The molecule has 3 aromatic rings. The minimum absolute atomic E-state index is 0.128. The van der Waals surface area contributed by atoms with Gasteiger partial charge in [0.25, 0.3) is 11.2 Å². The molecule has 0 spiro atoms. The highest BCUT2D eigenvalue weighted by Crippen LogP contribution is 2.27. The van der Waals surface area contributed by atoms with E-state index in [1.54, 1.807) is 0 Å². The fourth-order valence-corrected chi connectivity index (χ4v) is 1.84. The summed E-state index contributed by atoms with van der Waals surface area (Å²) in [6.07, 6.45) is 0. The van der Waals surface area contributed by atoms with Gasteiger partial charge in [0.2, 0.25) is 0 Å². The zero-order valence-corrected chi connectivity index (χ0v) is 8.98. The number of hydrogen-bond donors (Lipinski definition) is 0. The number of benzene rings is 2. The largest absolute Gasteiger partial charge is 0.333 e. The topological polar surface area (TPSA) is 38.9 Å². The summed E-state index contributed by atoms with van der Waals surface area (Å²) < 4.78 is 5.07. The smallest absolute Gasteiger partial charge is 0.264 e. The third kappa shape index (κ3) is 1.46. The van der Waals surface area contributed by atoms with Gasteiger partial charge in [-0.05, 0) is 33.6 Å². The summed E-state index contributed by atoms with van der Waals surface area (Å²) in [5.74, 6) is 0.446. The summed E-state index contributed by atoms with van der Waals surface area (Å²) in [4.78, 5) is 4.02. The van der Waals surface area contributed by atoms with Crippen LogP contribution in [0.1, 0.15) is 0 Å². The van der Waals surface area contributed by atoms with Gasteiger partial charge in [-0.3, -0.25) is 0 Å². The van der Waals surface area contributed by atoms with Crippen LogP contribution in [0.5, 0.6) is 0 Å². The van der Waals surface area contributed by atoms with Crippen LogP contribution in [0, 0.1) is 0 Å². The molecule has 0 fully saturated rings. The molecule has 3 rings (SSSR count). The van der Waals surface area contributed by atoms with E-state index < -0.39 is 0 Å². The molecule has 0 N–H and O–H groups in total. The third-order valence-corrected chi connectivity index (χ3v) is 2.57. The molecule has 0 amide bonds. The van der Waals surface area contributed by atoms with Gasteiger partial charge in [-0.15, -0.1) is 0 Å². The first kappa shape index (κ1) is 9.36. The molecular formula is C12H7ClN2O. The normalized spacial score (nSPS) is 10.8. The highest BCUT2D eigenvalue weighted by Gasteiger charge is 2.09. The molecule has 0 bridgehead atoms. The lowest BCUT2D eigenvalue weighted by Gasteiger charge is -2.01. The van der Waals surface area contributed by atoms with Crippen molar-refractivity contribution in [2.24, 2.45) is 0 Å². The van der Waals surface area contributed by atoms with Gasteiger partial charge < -0.3 is 4.52 Å². The quantitative estimate of drug-likeness (QED) is 0.642. The molecule has 1 heterocycles. The summed E-state index contributed by atoms with van der Waals surface area (Å²) in [5.41, 5.74) is 0.900. The number of halogens is 1. The molecule has 78 valence electrons. The van der Waals surface area contributed by atoms with Crippen molar-refractivity contribution in [2.45, 2.75) is 0 Å². The van der Waals surface area contributed by atoms with Crippen LogP contribution in [0.15, 0.2) is 47.0 Å². The Kier molecular flexibility index (Phi) is 2.11. The van der Waals surface area contributed by atoms with Crippen molar-refractivity contribution in [1.29, 1.82) is 0 Å². The first-order valence-electron chi connectivity index (χ1n) is 4.82. The average Bonchev–Trinajstić information content (AvgIpc) is 2.75. The second-order valence-corrected chi connectivity index (χ2v) is 3.73. The van der Waals surface area contributed by atoms with Crippen molar-refractivity contribution in [3.63, 3.8) is 0 Å². The molecule has 16 heavy (non-hydrogen) atoms. The number of aromatic nitrogens is 2. The Morgan fingerprint density at radius 2 is 1.81 bits per heavy atom. The van der Waals surface area contributed by atoms with Crippen LogP contribution in [-0.2, 0) is 0 Å². The van der Waals surface area contributed by atoms with Gasteiger partial charge >= 0.3 is 0 Å². The van der Waals surface area contributed by atoms with Crippen LogP contribution in [0.25, 0.3) is 22.2 Å². The van der Waals surface area contributed by atoms with Crippen LogP contribution >= 0.6 is 11.6 Å². The van der Waals surface area contributed by atoms with Crippen molar-refractivity contribution >= 4 is 22.4 Å². The van der Waals surface area contributed by atoms with Crippen molar-refractivity contribution in [1.82, 2.24) is 10.1 Å². The second kappa shape index (κ2) is 3.61. The maximum absolute atomic E-state index is 5.65. The Balaban J connectivity index is 2.31. The Labute approximate surface area is 96.7 Å². The van der Waals surface area contributed by atoms with Crippen molar-refractivity contribution in [2.75, 3.05) is 0 Å². The Morgan fingerprint density at radius 3 is 2.62 bits per heavy atom. The highest BCUT2D eigenvalue weighted by molar-refractivity contribution is 6.28. The molecule has 0 aliphatic rings. The highest BCUT2D eigenvalue weighted by atomic mass is 35.5. The lowest BCUT2D eigenvalue weighted by atomic mass is 10.0. The predicted octanol–water partition coefficient (Wildman–Crippen LogP) is 3.54. The SMILES string of the molecule is Clc1noc(-c2cccc3ccccc23)n1. The van der Waals surface area contributed by atoms with Crippen LogP contribution in [-0.4, -0.2) is 10.1 Å². The molecule has 0 atom stereocenters. The Hall–Kier alpha value is -1.87. The minimum Gasteiger partial charge on any atom is -0.333 e. The molecule has 0 unspecified atom stereocenters. The van der Waals surface area contributed by atoms with E-state index in [0.717, 1.165) is 16.3 Å². The van der Waals surface area contributed by atoms with Crippen LogP contribution in [0.3, 0.4) is 0 Å². The van der Waals surface area contributed by atoms with Gasteiger partial charge in [0, 0.05) is 5.56 Å². The van der Waals surface area contributed by atoms with Crippen LogP contribution in [0.2, 0.25) is 5.28 Å².